The molecule has 2 aromatic carbocycles. The SMILES string of the molecule is CC(N)CC(=O)c1ccc(Oc2ccccc2)cc1. The predicted molar refractivity (Wildman–Crippen MR) is 75.6 cm³/mol. The number of hydrogen-bond donors (Lipinski definition) is 1. The molecule has 0 aliphatic carbocycles. The summed E-state index contributed by atoms with van der Waals surface area (Å²) in [6.07, 6.45) is 0.360. The first-order chi connectivity index (χ1) is 9.15. The van der Waals surface area contributed by atoms with Gasteiger partial charge >= 0.3 is 0 Å². The lowest BCUT2D eigenvalue weighted by Gasteiger charge is -2.07. The molecule has 0 aromatic heterocycles. The molecule has 0 bridgehead atoms. The Hall–Kier alpha value is -2.13. The molecule has 3 nitrogen and oxygen atoms in total. The summed E-state index contributed by atoms with van der Waals surface area (Å²) in [4.78, 5) is 11.8. The maximum absolute atomic E-state index is 11.8. The van der Waals surface area contributed by atoms with Crippen LogP contribution in [-0.4, -0.2) is 11.8 Å². The molecule has 0 fully saturated rings. The third-order valence-corrected chi connectivity index (χ3v) is 2.66. The van der Waals surface area contributed by atoms with E-state index in [1.54, 1.807) is 24.3 Å². The number of Topliss-reactive ketones (excluding diaryl/α,β-unsaturated/α-hetero) is 1. The van der Waals surface area contributed by atoms with Crippen LogP contribution in [0.5, 0.6) is 11.5 Å². The highest BCUT2D eigenvalue weighted by molar-refractivity contribution is 5.96. The molecule has 0 aliphatic heterocycles. The summed E-state index contributed by atoms with van der Waals surface area (Å²) in [6, 6.07) is 16.5. The van der Waals surface area contributed by atoms with Crippen LogP contribution >= 0.6 is 0 Å². The number of hydrogen-bond acceptors (Lipinski definition) is 3. The van der Waals surface area contributed by atoms with Gasteiger partial charge in [0.15, 0.2) is 5.78 Å². The summed E-state index contributed by atoms with van der Waals surface area (Å²) >= 11 is 0. The van der Waals surface area contributed by atoms with Crippen LogP contribution in [0.1, 0.15) is 23.7 Å². The Morgan fingerprint density at radius 1 is 1.05 bits per heavy atom. The summed E-state index contributed by atoms with van der Waals surface area (Å²) in [7, 11) is 0. The van der Waals surface area contributed by atoms with Crippen LogP contribution in [0.2, 0.25) is 0 Å². The van der Waals surface area contributed by atoms with Crippen molar-refractivity contribution in [2.75, 3.05) is 0 Å². The smallest absolute Gasteiger partial charge is 0.164 e. The van der Waals surface area contributed by atoms with Gasteiger partial charge in [-0.2, -0.15) is 0 Å². The Morgan fingerprint density at radius 2 is 1.63 bits per heavy atom. The molecule has 0 aliphatic rings. The zero-order chi connectivity index (χ0) is 13.7. The van der Waals surface area contributed by atoms with Gasteiger partial charge < -0.3 is 10.5 Å². The highest BCUT2D eigenvalue weighted by Gasteiger charge is 2.08. The van der Waals surface area contributed by atoms with Crippen molar-refractivity contribution in [3.05, 3.63) is 60.2 Å². The van der Waals surface area contributed by atoms with Gasteiger partial charge in [-0.1, -0.05) is 18.2 Å². The fourth-order valence-electron chi connectivity index (χ4n) is 1.74. The van der Waals surface area contributed by atoms with Crippen LogP contribution in [0, 0.1) is 0 Å². The number of benzene rings is 2. The van der Waals surface area contributed by atoms with Gasteiger partial charge in [0, 0.05) is 18.0 Å². The van der Waals surface area contributed by atoms with Crippen molar-refractivity contribution in [2.45, 2.75) is 19.4 Å². The van der Waals surface area contributed by atoms with Crippen molar-refractivity contribution in [1.29, 1.82) is 0 Å². The maximum atomic E-state index is 11.8. The van der Waals surface area contributed by atoms with Crippen LogP contribution < -0.4 is 10.5 Å². The first kappa shape index (κ1) is 13.3. The van der Waals surface area contributed by atoms with E-state index in [0.717, 1.165) is 5.75 Å². The summed E-state index contributed by atoms with van der Waals surface area (Å²) in [5.74, 6) is 1.54. The molecule has 19 heavy (non-hydrogen) atoms. The van der Waals surface area contributed by atoms with E-state index in [9.17, 15) is 4.79 Å². The highest BCUT2D eigenvalue weighted by atomic mass is 16.5. The minimum absolute atomic E-state index is 0.0567. The molecule has 0 radical (unpaired) electrons. The molecule has 98 valence electrons. The lowest BCUT2D eigenvalue weighted by atomic mass is 10.1. The lowest BCUT2D eigenvalue weighted by Crippen LogP contribution is -2.19. The average Bonchev–Trinajstić information content (AvgIpc) is 2.40. The normalized spacial score (nSPS) is 11.9. The Morgan fingerprint density at radius 3 is 2.21 bits per heavy atom. The number of carbonyl (C=O) groups is 1. The Balaban J connectivity index is 2.04. The fraction of sp³-hybridized carbons (Fsp3) is 0.188. The van der Waals surface area contributed by atoms with E-state index < -0.39 is 0 Å². The van der Waals surface area contributed by atoms with E-state index in [-0.39, 0.29) is 11.8 Å². The molecule has 0 amide bonds. The second-order valence-electron chi connectivity index (χ2n) is 4.54. The molecule has 2 aromatic rings. The topological polar surface area (TPSA) is 52.3 Å². The summed E-state index contributed by atoms with van der Waals surface area (Å²) in [5.41, 5.74) is 6.28. The van der Waals surface area contributed by atoms with Crippen molar-refractivity contribution in [2.24, 2.45) is 5.73 Å². The third kappa shape index (κ3) is 3.93. The van der Waals surface area contributed by atoms with E-state index >= 15 is 0 Å². The minimum atomic E-state index is -0.118. The number of carbonyl (C=O) groups excluding carboxylic acids is 1. The molecule has 0 saturated heterocycles. The number of para-hydroxylation sites is 1. The second-order valence-corrected chi connectivity index (χ2v) is 4.54. The number of ether oxygens (including phenoxy) is 1. The zero-order valence-electron chi connectivity index (χ0n) is 10.9. The van der Waals surface area contributed by atoms with Gasteiger partial charge in [-0.3, -0.25) is 4.79 Å². The van der Waals surface area contributed by atoms with Crippen LogP contribution in [0.15, 0.2) is 54.6 Å². The zero-order valence-corrected chi connectivity index (χ0v) is 10.9. The van der Waals surface area contributed by atoms with Crippen molar-refractivity contribution >= 4 is 5.78 Å². The summed E-state index contributed by atoms with van der Waals surface area (Å²) < 4.78 is 5.66. The van der Waals surface area contributed by atoms with Crippen molar-refractivity contribution < 1.29 is 9.53 Å². The minimum Gasteiger partial charge on any atom is -0.457 e. The van der Waals surface area contributed by atoms with Crippen LogP contribution in [0.4, 0.5) is 0 Å². The first-order valence-electron chi connectivity index (χ1n) is 6.27. The van der Waals surface area contributed by atoms with E-state index in [1.807, 2.05) is 37.3 Å². The van der Waals surface area contributed by atoms with Crippen molar-refractivity contribution in [1.82, 2.24) is 0 Å². The standard InChI is InChI=1S/C16H17NO2/c1-12(17)11-16(18)13-7-9-15(10-8-13)19-14-5-3-2-4-6-14/h2-10,12H,11,17H2,1H3. The van der Waals surface area contributed by atoms with Crippen LogP contribution in [0.25, 0.3) is 0 Å². The number of nitrogens with two attached hydrogens (primary N) is 1. The fourth-order valence-corrected chi connectivity index (χ4v) is 1.74. The van der Waals surface area contributed by atoms with E-state index in [1.165, 1.54) is 0 Å². The molecular weight excluding hydrogens is 238 g/mol. The molecule has 2 N–H and O–H groups in total. The van der Waals surface area contributed by atoms with E-state index in [2.05, 4.69) is 0 Å². The average molecular weight is 255 g/mol. The van der Waals surface area contributed by atoms with Crippen LogP contribution in [0.3, 0.4) is 0 Å². The molecule has 3 heteroatoms. The van der Waals surface area contributed by atoms with Crippen molar-refractivity contribution in [3.8, 4) is 11.5 Å². The molecule has 1 unspecified atom stereocenters. The second kappa shape index (κ2) is 6.16. The lowest BCUT2D eigenvalue weighted by molar-refractivity contribution is 0.0976. The number of ketones is 1. The third-order valence-electron chi connectivity index (χ3n) is 2.66. The molecule has 2 rings (SSSR count). The Labute approximate surface area is 113 Å². The molecule has 0 saturated carbocycles. The summed E-state index contributed by atoms with van der Waals surface area (Å²) in [5, 5.41) is 0. The maximum Gasteiger partial charge on any atom is 0.164 e. The summed E-state index contributed by atoms with van der Waals surface area (Å²) in [6.45, 7) is 1.82. The van der Waals surface area contributed by atoms with Gasteiger partial charge in [0.1, 0.15) is 11.5 Å². The largest absolute Gasteiger partial charge is 0.457 e. The van der Waals surface area contributed by atoms with Crippen molar-refractivity contribution in [3.63, 3.8) is 0 Å². The molecular formula is C16H17NO2. The van der Waals surface area contributed by atoms with Gasteiger partial charge in [-0.05, 0) is 43.3 Å². The highest BCUT2D eigenvalue weighted by Crippen LogP contribution is 2.21. The molecule has 0 heterocycles. The van der Waals surface area contributed by atoms with Gasteiger partial charge in [0.25, 0.3) is 0 Å². The molecule has 0 spiro atoms. The van der Waals surface area contributed by atoms with Gasteiger partial charge in [-0.15, -0.1) is 0 Å². The Kier molecular flexibility index (Phi) is 4.31. The van der Waals surface area contributed by atoms with E-state index in [4.69, 9.17) is 10.5 Å². The van der Waals surface area contributed by atoms with Crippen LogP contribution in [-0.2, 0) is 0 Å². The number of rotatable bonds is 5. The van der Waals surface area contributed by atoms with Gasteiger partial charge in [0.05, 0.1) is 0 Å². The van der Waals surface area contributed by atoms with Gasteiger partial charge in [-0.25, -0.2) is 0 Å². The van der Waals surface area contributed by atoms with E-state index in [0.29, 0.717) is 17.7 Å². The Bertz CT molecular complexity index is 532. The first-order valence-corrected chi connectivity index (χ1v) is 6.27. The quantitative estimate of drug-likeness (QED) is 0.833. The monoisotopic (exact) mass is 255 g/mol. The predicted octanol–water partition coefficient (Wildman–Crippen LogP) is 3.40. The van der Waals surface area contributed by atoms with Gasteiger partial charge in [0.2, 0.25) is 0 Å². The molecule has 1 atom stereocenters.